The van der Waals surface area contributed by atoms with E-state index in [9.17, 15) is 14.7 Å². The molecule has 0 saturated carbocycles. The monoisotopic (exact) mass is 325 g/mol. The average Bonchev–Trinajstić information content (AvgIpc) is 3.01. The van der Waals surface area contributed by atoms with Crippen LogP contribution in [0.2, 0.25) is 0 Å². The molecule has 3 amide bonds. The number of carbonyl (C=O) groups excluding carboxylic acids is 2. The van der Waals surface area contributed by atoms with Gasteiger partial charge in [0.25, 0.3) is 0 Å². The fraction of sp³-hybridized carbons (Fsp3) is 0.222. The van der Waals surface area contributed by atoms with Gasteiger partial charge in [0.15, 0.2) is 0 Å². The van der Waals surface area contributed by atoms with Crippen LogP contribution in [0.5, 0.6) is 5.75 Å². The fourth-order valence-electron chi connectivity index (χ4n) is 2.64. The number of rotatable bonds is 5. The van der Waals surface area contributed by atoms with Gasteiger partial charge in [-0.1, -0.05) is 18.2 Å². The normalized spacial score (nSPS) is 13.7. The first kappa shape index (κ1) is 15.9. The number of aromatic hydroxyl groups is 1. The van der Waals surface area contributed by atoms with E-state index in [1.54, 1.807) is 35.2 Å². The summed E-state index contributed by atoms with van der Waals surface area (Å²) in [7, 11) is 0. The molecule has 3 rings (SSSR count). The van der Waals surface area contributed by atoms with Crippen molar-refractivity contribution >= 4 is 23.3 Å². The van der Waals surface area contributed by atoms with Crippen LogP contribution in [0.25, 0.3) is 0 Å². The van der Waals surface area contributed by atoms with Gasteiger partial charge in [-0.05, 0) is 42.3 Å². The summed E-state index contributed by atoms with van der Waals surface area (Å²) in [6.07, 6.45) is 0.762. The summed E-state index contributed by atoms with van der Waals surface area (Å²) in [5.41, 5.74) is 2.24. The second-order valence-electron chi connectivity index (χ2n) is 5.61. The summed E-state index contributed by atoms with van der Waals surface area (Å²) in [6, 6.07) is 14.1. The number of aryl methyl sites for hydroxylation is 1. The molecule has 0 aliphatic carbocycles. The third kappa shape index (κ3) is 3.65. The van der Waals surface area contributed by atoms with Crippen LogP contribution in [0, 0.1) is 0 Å². The number of benzene rings is 2. The number of nitrogens with zero attached hydrogens (tertiary/aromatic N) is 1. The molecule has 1 heterocycles. The van der Waals surface area contributed by atoms with Gasteiger partial charge < -0.3 is 15.7 Å². The standard InChI is InChI=1S/C18H19N3O3/c22-16-4-2-1-3-13(16)5-10-17(23)20-14-6-8-15(9-7-14)21-12-11-19-18(21)24/h1-4,6-9,22H,5,10-12H2,(H,19,24)(H,20,23). The highest BCUT2D eigenvalue weighted by atomic mass is 16.3. The third-order valence-electron chi connectivity index (χ3n) is 3.93. The quantitative estimate of drug-likeness (QED) is 0.790. The first-order chi connectivity index (χ1) is 11.6. The van der Waals surface area contributed by atoms with E-state index in [0.29, 0.717) is 25.2 Å². The molecular formula is C18H19N3O3. The van der Waals surface area contributed by atoms with Crippen molar-refractivity contribution in [3.63, 3.8) is 0 Å². The minimum absolute atomic E-state index is 0.102. The number of carbonyl (C=O) groups is 2. The van der Waals surface area contributed by atoms with Gasteiger partial charge in [0.05, 0.1) is 0 Å². The minimum Gasteiger partial charge on any atom is -0.508 e. The summed E-state index contributed by atoms with van der Waals surface area (Å²) in [4.78, 5) is 25.3. The molecule has 1 fully saturated rings. The second kappa shape index (κ2) is 7.04. The zero-order valence-electron chi connectivity index (χ0n) is 13.2. The van der Waals surface area contributed by atoms with Crippen molar-refractivity contribution in [3.8, 4) is 5.75 Å². The number of amides is 3. The number of nitrogens with one attached hydrogen (secondary N) is 2. The number of hydrogen-bond acceptors (Lipinski definition) is 3. The topological polar surface area (TPSA) is 81.7 Å². The number of anilines is 2. The Balaban J connectivity index is 1.55. The van der Waals surface area contributed by atoms with E-state index in [2.05, 4.69) is 10.6 Å². The molecule has 0 spiro atoms. The molecule has 0 unspecified atom stereocenters. The van der Waals surface area contributed by atoms with Gasteiger partial charge in [0.1, 0.15) is 5.75 Å². The molecule has 0 aromatic heterocycles. The third-order valence-corrected chi connectivity index (χ3v) is 3.93. The Kier molecular flexibility index (Phi) is 4.65. The Morgan fingerprint density at radius 2 is 1.92 bits per heavy atom. The summed E-state index contributed by atoms with van der Waals surface area (Å²) < 4.78 is 0. The zero-order chi connectivity index (χ0) is 16.9. The lowest BCUT2D eigenvalue weighted by Crippen LogP contribution is -2.27. The summed E-state index contributed by atoms with van der Waals surface area (Å²) in [5, 5.41) is 15.3. The van der Waals surface area contributed by atoms with Gasteiger partial charge in [-0.25, -0.2) is 4.79 Å². The van der Waals surface area contributed by atoms with E-state index >= 15 is 0 Å². The molecule has 6 heteroatoms. The Bertz CT molecular complexity index is 743. The van der Waals surface area contributed by atoms with Crippen LogP contribution in [-0.2, 0) is 11.2 Å². The first-order valence-corrected chi connectivity index (χ1v) is 7.85. The Morgan fingerprint density at radius 1 is 1.17 bits per heavy atom. The molecule has 2 aromatic carbocycles. The molecule has 124 valence electrons. The lowest BCUT2D eigenvalue weighted by Gasteiger charge is -2.14. The molecular weight excluding hydrogens is 306 g/mol. The van der Waals surface area contributed by atoms with E-state index in [1.807, 2.05) is 18.2 Å². The predicted octanol–water partition coefficient (Wildman–Crippen LogP) is 2.49. The van der Waals surface area contributed by atoms with Gasteiger partial charge in [0, 0.05) is 30.9 Å². The van der Waals surface area contributed by atoms with Crippen molar-refractivity contribution in [3.05, 3.63) is 54.1 Å². The van der Waals surface area contributed by atoms with Crippen LogP contribution in [0.1, 0.15) is 12.0 Å². The van der Waals surface area contributed by atoms with E-state index in [4.69, 9.17) is 0 Å². The molecule has 24 heavy (non-hydrogen) atoms. The molecule has 3 N–H and O–H groups in total. The SMILES string of the molecule is O=C(CCc1ccccc1O)Nc1ccc(N2CCNC2=O)cc1. The molecule has 0 bridgehead atoms. The van der Waals surface area contributed by atoms with E-state index in [1.165, 1.54) is 0 Å². The van der Waals surface area contributed by atoms with Crippen LogP contribution in [0.15, 0.2) is 48.5 Å². The number of hydrogen-bond donors (Lipinski definition) is 3. The van der Waals surface area contributed by atoms with Gasteiger partial charge in [-0.2, -0.15) is 0 Å². The van der Waals surface area contributed by atoms with Crippen molar-refractivity contribution in [2.45, 2.75) is 12.8 Å². The van der Waals surface area contributed by atoms with Crippen molar-refractivity contribution < 1.29 is 14.7 Å². The predicted molar refractivity (Wildman–Crippen MR) is 92.2 cm³/mol. The van der Waals surface area contributed by atoms with Gasteiger partial charge in [-0.15, -0.1) is 0 Å². The number of para-hydroxylation sites is 1. The maximum Gasteiger partial charge on any atom is 0.321 e. The van der Waals surface area contributed by atoms with E-state index in [-0.39, 0.29) is 24.1 Å². The van der Waals surface area contributed by atoms with Crippen LogP contribution in [0.4, 0.5) is 16.2 Å². The summed E-state index contributed by atoms with van der Waals surface area (Å²) >= 11 is 0. The molecule has 2 aromatic rings. The highest BCUT2D eigenvalue weighted by Gasteiger charge is 2.20. The number of phenols is 1. The Labute approximate surface area is 140 Å². The van der Waals surface area contributed by atoms with Crippen LogP contribution >= 0.6 is 0 Å². The number of urea groups is 1. The zero-order valence-corrected chi connectivity index (χ0v) is 13.2. The molecule has 0 radical (unpaired) electrons. The lowest BCUT2D eigenvalue weighted by atomic mass is 10.1. The summed E-state index contributed by atoms with van der Waals surface area (Å²) in [5.74, 6) is 0.0865. The van der Waals surface area contributed by atoms with E-state index in [0.717, 1.165) is 11.3 Å². The highest BCUT2D eigenvalue weighted by molar-refractivity contribution is 5.95. The highest BCUT2D eigenvalue weighted by Crippen LogP contribution is 2.20. The second-order valence-corrected chi connectivity index (χ2v) is 5.61. The molecule has 6 nitrogen and oxygen atoms in total. The lowest BCUT2D eigenvalue weighted by molar-refractivity contribution is -0.116. The first-order valence-electron chi connectivity index (χ1n) is 7.85. The maximum atomic E-state index is 12.0. The maximum absolute atomic E-state index is 12.0. The van der Waals surface area contributed by atoms with Crippen molar-refractivity contribution in [2.24, 2.45) is 0 Å². The van der Waals surface area contributed by atoms with Crippen LogP contribution in [0.3, 0.4) is 0 Å². The van der Waals surface area contributed by atoms with Crippen molar-refractivity contribution in [1.29, 1.82) is 0 Å². The van der Waals surface area contributed by atoms with Gasteiger partial charge in [-0.3, -0.25) is 9.69 Å². The summed E-state index contributed by atoms with van der Waals surface area (Å²) in [6.45, 7) is 1.29. The smallest absolute Gasteiger partial charge is 0.321 e. The van der Waals surface area contributed by atoms with Crippen LogP contribution < -0.4 is 15.5 Å². The van der Waals surface area contributed by atoms with Gasteiger partial charge >= 0.3 is 6.03 Å². The van der Waals surface area contributed by atoms with Gasteiger partial charge in [0.2, 0.25) is 5.91 Å². The van der Waals surface area contributed by atoms with Crippen molar-refractivity contribution in [2.75, 3.05) is 23.3 Å². The van der Waals surface area contributed by atoms with E-state index < -0.39 is 0 Å². The average molecular weight is 325 g/mol. The van der Waals surface area contributed by atoms with Crippen molar-refractivity contribution in [1.82, 2.24) is 5.32 Å². The minimum atomic E-state index is -0.120. The Hall–Kier alpha value is -3.02. The molecule has 0 atom stereocenters. The molecule has 1 aliphatic heterocycles. The molecule has 1 aliphatic rings. The van der Waals surface area contributed by atoms with Crippen LogP contribution in [-0.4, -0.2) is 30.1 Å². The Morgan fingerprint density at radius 3 is 2.58 bits per heavy atom. The fourth-order valence-corrected chi connectivity index (χ4v) is 2.64. The largest absolute Gasteiger partial charge is 0.508 e. The number of phenolic OH excluding ortho intramolecular Hbond substituents is 1. The molecule has 1 saturated heterocycles.